The van der Waals surface area contributed by atoms with Crippen LogP contribution < -0.4 is 0 Å². The Morgan fingerprint density at radius 3 is 1.75 bits per heavy atom. The van der Waals surface area contributed by atoms with Crippen molar-refractivity contribution in [3.8, 4) is 6.07 Å². The molecule has 0 aliphatic heterocycles. The monoisotopic (exact) mass is 231 g/mol. The molecule has 0 fully saturated rings. The highest BCUT2D eigenvalue weighted by Crippen LogP contribution is 2.16. The Bertz CT molecular complexity index is 253. The van der Waals surface area contributed by atoms with Gasteiger partial charge in [0.05, 0.1) is 11.5 Å². The van der Waals surface area contributed by atoms with Crippen LogP contribution in [0.5, 0.6) is 0 Å². The molecule has 92 valence electrons. The molecule has 16 heavy (non-hydrogen) atoms. The van der Waals surface area contributed by atoms with E-state index in [2.05, 4.69) is 15.8 Å². The molecule has 0 aromatic heterocycles. The lowest BCUT2D eigenvalue weighted by Crippen LogP contribution is -2.09. The number of carbonyl (C=O) groups excluding carboxylic acids is 2. The van der Waals surface area contributed by atoms with Crippen molar-refractivity contribution < 1.29 is 24.5 Å². The van der Waals surface area contributed by atoms with Crippen LogP contribution in [0.4, 0.5) is 0 Å². The SMILES string of the molecule is CC(=O)OOC(C)=O.CC(C)(C#N)CCO. The molecular weight excluding hydrogens is 214 g/mol. The molecule has 0 saturated heterocycles. The third-order valence-corrected chi connectivity index (χ3v) is 1.32. The molecule has 0 aliphatic rings. The summed E-state index contributed by atoms with van der Waals surface area (Å²) in [6.07, 6.45) is 0.559. The van der Waals surface area contributed by atoms with Gasteiger partial charge in [0.25, 0.3) is 0 Å². The summed E-state index contributed by atoms with van der Waals surface area (Å²) in [5.74, 6) is -1.28. The molecule has 0 atom stereocenters. The largest absolute Gasteiger partial charge is 0.396 e. The van der Waals surface area contributed by atoms with E-state index in [9.17, 15) is 9.59 Å². The average Bonchev–Trinajstić information content (AvgIpc) is 2.16. The minimum atomic E-state index is -0.639. The fourth-order valence-electron chi connectivity index (χ4n) is 0.453. The predicted molar refractivity (Wildman–Crippen MR) is 54.6 cm³/mol. The van der Waals surface area contributed by atoms with Crippen LogP contribution in [-0.4, -0.2) is 23.7 Å². The number of rotatable bonds is 2. The number of nitrogens with zero attached hydrogens (tertiary/aromatic N) is 1. The maximum Gasteiger partial charge on any atom is 0.352 e. The van der Waals surface area contributed by atoms with Gasteiger partial charge in [-0.25, -0.2) is 19.4 Å². The van der Waals surface area contributed by atoms with Gasteiger partial charge in [-0.2, -0.15) is 5.26 Å². The zero-order valence-electron chi connectivity index (χ0n) is 9.94. The van der Waals surface area contributed by atoms with Gasteiger partial charge in [0.15, 0.2) is 0 Å². The van der Waals surface area contributed by atoms with Gasteiger partial charge in [0.2, 0.25) is 0 Å². The number of hydrogen-bond donors (Lipinski definition) is 1. The second-order valence-electron chi connectivity index (χ2n) is 3.62. The van der Waals surface area contributed by atoms with Gasteiger partial charge in [-0.05, 0) is 20.3 Å². The molecule has 0 saturated carbocycles. The smallest absolute Gasteiger partial charge is 0.352 e. The van der Waals surface area contributed by atoms with Crippen LogP contribution in [0, 0.1) is 16.7 Å². The van der Waals surface area contributed by atoms with Gasteiger partial charge in [-0.3, -0.25) is 0 Å². The topological polar surface area (TPSA) is 96.6 Å². The third kappa shape index (κ3) is 14.9. The van der Waals surface area contributed by atoms with Crippen LogP contribution in [0.3, 0.4) is 0 Å². The summed E-state index contributed by atoms with van der Waals surface area (Å²) in [4.78, 5) is 27.3. The maximum absolute atomic E-state index is 9.85. The summed E-state index contributed by atoms with van der Waals surface area (Å²) in [5.41, 5.74) is -0.352. The minimum absolute atomic E-state index is 0.0978. The molecule has 0 aliphatic carbocycles. The first-order valence-corrected chi connectivity index (χ1v) is 4.63. The number of nitriles is 1. The van der Waals surface area contributed by atoms with E-state index in [1.165, 1.54) is 0 Å². The lowest BCUT2D eigenvalue weighted by Gasteiger charge is -2.10. The predicted octanol–water partition coefficient (Wildman–Crippen LogP) is 0.946. The van der Waals surface area contributed by atoms with Gasteiger partial charge < -0.3 is 5.11 Å². The second-order valence-corrected chi connectivity index (χ2v) is 3.62. The first-order valence-electron chi connectivity index (χ1n) is 4.63. The Hall–Kier alpha value is -1.61. The van der Waals surface area contributed by atoms with Crippen molar-refractivity contribution in [1.82, 2.24) is 0 Å². The maximum atomic E-state index is 9.85. The number of aliphatic hydroxyl groups excluding tert-OH is 1. The number of aliphatic hydroxyl groups is 1. The molecule has 0 aromatic carbocycles. The summed E-state index contributed by atoms with van der Waals surface area (Å²) >= 11 is 0. The molecule has 0 unspecified atom stereocenters. The molecule has 0 rings (SSSR count). The van der Waals surface area contributed by atoms with Gasteiger partial charge in [0, 0.05) is 20.5 Å². The van der Waals surface area contributed by atoms with E-state index in [-0.39, 0.29) is 12.0 Å². The summed E-state index contributed by atoms with van der Waals surface area (Å²) < 4.78 is 0. The van der Waals surface area contributed by atoms with E-state index in [0.717, 1.165) is 13.8 Å². The molecule has 6 nitrogen and oxygen atoms in total. The standard InChI is InChI=1S/C6H11NO.C4H6O4/c1-6(2,5-7)3-4-8;1-3(5)7-8-4(2)6/h8H,3-4H2,1-2H3;1-2H3. The summed E-state index contributed by atoms with van der Waals surface area (Å²) in [5, 5.41) is 16.7. The molecule has 0 amide bonds. The molecule has 6 heteroatoms. The van der Waals surface area contributed by atoms with Crippen LogP contribution in [-0.2, 0) is 19.4 Å². The highest BCUT2D eigenvalue weighted by Gasteiger charge is 2.14. The fourth-order valence-corrected chi connectivity index (χ4v) is 0.453. The van der Waals surface area contributed by atoms with Crippen molar-refractivity contribution in [2.75, 3.05) is 6.61 Å². The highest BCUT2D eigenvalue weighted by atomic mass is 17.2. The summed E-state index contributed by atoms with van der Waals surface area (Å²) in [6.45, 7) is 6.00. The van der Waals surface area contributed by atoms with Crippen molar-refractivity contribution in [3.05, 3.63) is 0 Å². The number of hydrogen-bond acceptors (Lipinski definition) is 6. The zero-order chi connectivity index (χ0) is 13.2. The lowest BCUT2D eigenvalue weighted by molar-refractivity contribution is -0.255. The highest BCUT2D eigenvalue weighted by molar-refractivity contribution is 5.69. The van der Waals surface area contributed by atoms with Crippen LogP contribution >= 0.6 is 0 Å². The van der Waals surface area contributed by atoms with Crippen molar-refractivity contribution in [3.63, 3.8) is 0 Å². The quantitative estimate of drug-likeness (QED) is 0.561. The Labute approximate surface area is 94.7 Å². The first kappa shape index (κ1) is 16.8. The molecule has 0 bridgehead atoms. The minimum Gasteiger partial charge on any atom is -0.396 e. The molecule has 0 heterocycles. The first-order chi connectivity index (χ1) is 7.25. The van der Waals surface area contributed by atoms with Gasteiger partial charge >= 0.3 is 11.9 Å². The molecule has 0 spiro atoms. The van der Waals surface area contributed by atoms with Gasteiger partial charge in [-0.15, -0.1) is 0 Å². The summed E-state index contributed by atoms with van der Waals surface area (Å²) in [6, 6.07) is 2.08. The van der Waals surface area contributed by atoms with Crippen LogP contribution in [0.2, 0.25) is 0 Å². The zero-order valence-corrected chi connectivity index (χ0v) is 9.94. The van der Waals surface area contributed by atoms with E-state index in [1.54, 1.807) is 0 Å². The van der Waals surface area contributed by atoms with E-state index < -0.39 is 11.9 Å². The van der Waals surface area contributed by atoms with E-state index in [1.807, 2.05) is 13.8 Å². The molecule has 1 N–H and O–H groups in total. The Balaban J connectivity index is 0. The number of carbonyl (C=O) groups is 2. The molecular formula is C10H17NO5. The van der Waals surface area contributed by atoms with Crippen LogP contribution in [0.1, 0.15) is 34.1 Å². The fraction of sp³-hybridized carbons (Fsp3) is 0.700. The average molecular weight is 231 g/mol. The van der Waals surface area contributed by atoms with Crippen LogP contribution in [0.25, 0.3) is 0 Å². The Morgan fingerprint density at radius 2 is 1.62 bits per heavy atom. The van der Waals surface area contributed by atoms with Crippen molar-refractivity contribution in [1.29, 1.82) is 5.26 Å². The Kier molecular flexibility index (Phi) is 9.12. The van der Waals surface area contributed by atoms with E-state index >= 15 is 0 Å². The van der Waals surface area contributed by atoms with Crippen molar-refractivity contribution in [2.45, 2.75) is 34.1 Å². The van der Waals surface area contributed by atoms with Gasteiger partial charge in [0.1, 0.15) is 0 Å². The van der Waals surface area contributed by atoms with Gasteiger partial charge in [-0.1, -0.05) is 0 Å². The third-order valence-electron chi connectivity index (χ3n) is 1.32. The van der Waals surface area contributed by atoms with Crippen molar-refractivity contribution >= 4 is 11.9 Å². The normalized spacial score (nSPS) is 9.25. The van der Waals surface area contributed by atoms with E-state index in [0.29, 0.717) is 6.42 Å². The van der Waals surface area contributed by atoms with Crippen molar-refractivity contribution in [2.24, 2.45) is 5.41 Å². The molecule has 0 radical (unpaired) electrons. The van der Waals surface area contributed by atoms with E-state index in [4.69, 9.17) is 10.4 Å². The second kappa shape index (κ2) is 8.68. The Morgan fingerprint density at radius 1 is 1.25 bits per heavy atom. The molecule has 0 aromatic rings. The lowest BCUT2D eigenvalue weighted by atomic mass is 9.92. The van der Waals surface area contributed by atoms with Crippen LogP contribution in [0.15, 0.2) is 0 Å². The summed E-state index contributed by atoms with van der Waals surface area (Å²) in [7, 11) is 0.